The highest BCUT2D eigenvalue weighted by Crippen LogP contribution is 2.24. The second kappa shape index (κ2) is 9.14. The molecule has 1 amide bonds. The van der Waals surface area contributed by atoms with Gasteiger partial charge in [0.1, 0.15) is 11.5 Å². The molecule has 3 N–H and O–H groups in total. The largest absolute Gasteiger partial charge is 0.497 e. The standard InChI is InChI=1S/C19H21N5O3S/c1-3-27-15-9-7-13(8-10-15)18-22-23-19(24(18)20)28-12-17(25)21-14-5-4-6-16(11-14)26-2/h4-11H,3,12,20H2,1-2H3,(H,21,25). The number of nitrogens with two attached hydrogens (primary N) is 1. The van der Waals surface area contributed by atoms with E-state index in [4.69, 9.17) is 15.3 Å². The molecule has 0 aliphatic heterocycles. The van der Waals surface area contributed by atoms with Gasteiger partial charge in [0, 0.05) is 17.3 Å². The van der Waals surface area contributed by atoms with Crippen LogP contribution in [0.15, 0.2) is 53.7 Å². The zero-order chi connectivity index (χ0) is 19.9. The molecule has 3 aromatic rings. The molecule has 28 heavy (non-hydrogen) atoms. The fourth-order valence-electron chi connectivity index (χ4n) is 2.47. The predicted molar refractivity (Wildman–Crippen MR) is 109 cm³/mol. The molecule has 0 radical (unpaired) electrons. The van der Waals surface area contributed by atoms with Crippen LogP contribution >= 0.6 is 11.8 Å². The van der Waals surface area contributed by atoms with E-state index in [2.05, 4.69) is 15.5 Å². The van der Waals surface area contributed by atoms with Gasteiger partial charge in [-0.15, -0.1) is 10.2 Å². The number of rotatable bonds is 8. The molecule has 146 valence electrons. The average molecular weight is 399 g/mol. The van der Waals surface area contributed by atoms with Crippen LogP contribution in [-0.4, -0.2) is 40.3 Å². The van der Waals surface area contributed by atoms with Crippen molar-refractivity contribution in [2.24, 2.45) is 0 Å². The van der Waals surface area contributed by atoms with Crippen molar-refractivity contribution in [1.82, 2.24) is 14.9 Å². The maximum absolute atomic E-state index is 12.2. The number of nitrogen functional groups attached to an aromatic ring is 1. The summed E-state index contributed by atoms with van der Waals surface area (Å²) < 4.78 is 11.9. The van der Waals surface area contributed by atoms with Crippen LogP contribution in [0.4, 0.5) is 5.69 Å². The van der Waals surface area contributed by atoms with Crippen molar-refractivity contribution in [3.63, 3.8) is 0 Å². The lowest BCUT2D eigenvalue weighted by Gasteiger charge is -2.07. The maximum atomic E-state index is 12.2. The smallest absolute Gasteiger partial charge is 0.234 e. The molecule has 0 fully saturated rings. The van der Waals surface area contributed by atoms with Crippen LogP contribution < -0.4 is 20.6 Å². The molecular formula is C19H21N5O3S. The molecule has 0 unspecified atom stereocenters. The number of amides is 1. The van der Waals surface area contributed by atoms with Gasteiger partial charge in [-0.25, -0.2) is 4.68 Å². The Balaban J connectivity index is 1.61. The van der Waals surface area contributed by atoms with Crippen LogP contribution in [0.1, 0.15) is 6.92 Å². The molecule has 0 atom stereocenters. The van der Waals surface area contributed by atoms with Crippen molar-refractivity contribution in [2.45, 2.75) is 12.1 Å². The fourth-order valence-corrected chi connectivity index (χ4v) is 3.12. The van der Waals surface area contributed by atoms with E-state index in [1.54, 1.807) is 25.3 Å². The topological polar surface area (TPSA) is 104 Å². The van der Waals surface area contributed by atoms with Gasteiger partial charge in [-0.3, -0.25) is 4.79 Å². The zero-order valence-corrected chi connectivity index (χ0v) is 16.4. The van der Waals surface area contributed by atoms with E-state index >= 15 is 0 Å². The van der Waals surface area contributed by atoms with Gasteiger partial charge in [0.2, 0.25) is 11.1 Å². The van der Waals surface area contributed by atoms with Crippen LogP contribution in [0.5, 0.6) is 11.5 Å². The van der Waals surface area contributed by atoms with Crippen molar-refractivity contribution in [2.75, 3.05) is 30.6 Å². The average Bonchev–Trinajstić information content (AvgIpc) is 3.08. The number of hydrogen-bond donors (Lipinski definition) is 2. The van der Waals surface area contributed by atoms with Crippen molar-refractivity contribution in [1.29, 1.82) is 0 Å². The molecule has 1 aromatic heterocycles. The number of nitrogens with zero attached hydrogens (tertiary/aromatic N) is 3. The molecule has 9 heteroatoms. The summed E-state index contributed by atoms with van der Waals surface area (Å²) in [6, 6.07) is 14.6. The van der Waals surface area contributed by atoms with Crippen LogP contribution in [0.25, 0.3) is 11.4 Å². The van der Waals surface area contributed by atoms with E-state index < -0.39 is 0 Å². The number of hydrogen-bond acceptors (Lipinski definition) is 7. The molecule has 8 nitrogen and oxygen atoms in total. The van der Waals surface area contributed by atoms with Crippen LogP contribution in [0.2, 0.25) is 0 Å². The lowest BCUT2D eigenvalue weighted by molar-refractivity contribution is -0.113. The van der Waals surface area contributed by atoms with E-state index in [1.807, 2.05) is 37.3 Å². The maximum Gasteiger partial charge on any atom is 0.234 e. The Bertz CT molecular complexity index is 943. The van der Waals surface area contributed by atoms with Crippen LogP contribution in [-0.2, 0) is 4.79 Å². The van der Waals surface area contributed by atoms with Crippen molar-refractivity contribution in [3.05, 3.63) is 48.5 Å². The molecule has 2 aromatic carbocycles. The minimum atomic E-state index is -0.177. The second-order valence-corrected chi connectivity index (χ2v) is 6.64. The highest BCUT2D eigenvalue weighted by Gasteiger charge is 2.14. The number of nitrogens with one attached hydrogen (secondary N) is 1. The van der Waals surface area contributed by atoms with Crippen LogP contribution in [0.3, 0.4) is 0 Å². The number of benzene rings is 2. The Labute approximate surface area is 167 Å². The van der Waals surface area contributed by atoms with E-state index in [0.717, 1.165) is 11.3 Å². The summed E-state index contributed by atoms with van der Waals surface area (Å²) in [5.41, 5.74) is 1.47. The Morgan fingerprint density at radius 3 is 2.68 bits per heavy atom. The van der Waals surface area contributed by atoms with Crippen molar-refractivity contribution >= 4 is 23.4 Å². The lowest BCUT2D eigenvalue weighted by atomic mass is 10.2. The van der Waals surface area contributed by atoms with Gasteiger partial charge in [-0.2, -0.15) is 0 Å². The van der Waals surface area contributed by atoms with Gasteiger partial charge in [0.05, 0.1) is 19.5 Å². The number of anilines is 1. The first-order valence-corrected chi connectivity index (χ1v) is 9.59. The first kappa shape index (κ1) is 19.6. The van der Waals surface area contributed by atoms with E-state index in [0.29, 0.717) is 29.0 Å². The Kier molecular flexibility index (Phi) is 6.38. The molecule has 1 heterocycles. The number of aromatic nitrogens is 3. The minimum absolute atomic E-state index is 0.149. The number of thioether (sulfide) groups is 1. The van der Waals surface area contributed by atoms with E-state index in [9.17, 15) is 4.79 Å². The highest BCUT2D eigenvalue weighted by molar-refractivity contribution is 7.99. The summed E-state index contributed by atoms with van der Waals surface area (Å²) in [4.78, 5) is 12.2. The SMILES string of the molecule is CCOc1ccc(-c2nnc(SCC(=O)Nc3cccc(OC)c3)n2N)cc1. The number of carbonyl (C=O) groups excluding carboxylic acids is 1. The first-order chi connectivity index (χ1) is 13.6. The Morgan fingerprint density at radius 1 is 1.18 bits per heavy atom. The number of methoxy groups -OCH3 is 1. The summed E-state index contributed by atoms with van der Waals surface area (Å²) in [5.74, 6) is 8.03. The zero-order valence-electron chi connectivity index (χ0n) is 15.6. The van der Waals surface area contributed by atoms with Gasteiger partial charge < -0.3 is 20.6 Å². The minimum Gasteiger partial charge on any atom is -0.497 e. The van der Waals surface area contributed by atoms with Gasteiger partial charge >= 0.3 is 0 Å². The van der Waals surface area contributed by atoms with Gasteiger partial charge in [0.25, 0.3) is 0 Å². The summed E-state index contributed by atoms with van der Waals surface area (Å²) >= 11 is 1.21. The molecule has 3 rings (SSSR count). The molecule has 0 spiro atoms. The molecule has 0 saturated carbocycles. The monoisotopic (exact) mass is 399 g/mol. The first-order valence-electron chi connectivity index (χ1n) is 8.61. The van der Waals surface area contributed by atoms with E-state index in [-0.39, 0.29) is 11.7 Å². The Hall–Kier alpha value is -3.20. The van der Waals surface area contributed by atoms with Gasteiger partial charge in [-0.1, -0.05) is 17.8 Å². The van der Waals surface area contributed by atoms with Crippen molar-refractivity contribution in [3.8, 4) is 22.9 Å². The Morgan fingerprint density at radius 2 is 1.96 bits per heavy atom. The molecule has 0 bridgehead atoms. The molecular weight excluding hydrogens is 378 g/mol. The highest BCUT2D eigenvalue weighted by atomic mass is 32.2. The normalized spacial score (nSPS) is 10.5. The summed E-state index contributed by atoms with van der Waals surface area (Å²) in [5, 5.41) is 11.5. The quantitative estimate of drug-likeness (QED) is 0.443. The number of carbonyl (C=O) groups is 1. The third kappa shape index (κ3) is 4.74. The van der Waals surface area contributed by atoms with Gasteiger partial charge in [0.15, 0.2) is 5.82 Å². The lowest BCUT2D eigenvalue weighted by Crippen LogP contribution is -2.16. The third-order valence-corrected chi connectivity index (χ3v) is 4.72. The summed E-state index contributed by atoms with van der Waals surface area (Å²) in [6.45, 7) is 2.53. The molecule has 0 aliphatic rings. The fraction of sp³-hybridized carbons (Fsp3) is 0.211. The molecule has 0 saturated heterocycles. The van der Waals surface area contributed by atoms with E-state index in [1.165, 1.54) is 16.4 Å². The second-order valence-electron chi connectivity index (χ2n) is 5.70. The predicted octanol–water partition coefficient (Wildman–Crippen LogP) is 2.80. The summed E-state index contributed by atoms with van der Waals surface area (Å²) in [7, 11) is 1.58. The van der Waals surface area contributed by atoms with Crippen LogP contribution in [0, 0.1) is 0 Å². The summed E-state index contributed by atoms with van der Waals surface area (Å²) in [6.07, 6.45) is 0. The van der Waals surface area contributed by atoms with Gasteiger partial charge in [-0.05, 0) is 43.3 Å². The molecule has 0 aliphatic carbocycles. The third-order valence-electron chi connectivity index (χ3n) is 3.77. The number of ether oxygens (including phenoxy) is 2. The van der Waals surface area contributed by atoms with Crippen molar-refractivity contribution < 1.29 is 14.3 Å².